The number of carbonyl (C=O) groups excluding carboxylic acids is 1. The highest BCUT2D eigenvalue weighted by Gasteiger charge is 2.15. The van der Waals surface area contributed by atoms with Gasteiger partial charge in [0, 0.05) is 23.2 Å². The fourth-order valence-electron chi connectivity index (χ4n) is 2.75. The first-order valence-corrected chi connectivity index (χ1v) is 9.15. The van der Waals surface area contributed by atoms with E-state index in [4.69, 9.17) is 0 Å². The molecule has 3 heterocycles. The van der Waals surface area contributed by atoms with Gasteiger partial charge in [-0.25, -0.2) is 15.0 Å². The van der Waals surface area contributed by atoms with Gasteiger partial charge in [0.05, 0.1) is 17.8 Å². The zero-order valence-electron chi connectivity index (χ0n) is 14.4. The summed E-state index contributed by atoms with van der Waals surface area (Å²) in [5.74, 6) is 0.546. The molecule has 2 N–H and O–H groups in total. The second-order valence-electron chi connectivity index (χ2n) is 6.15. The zero-order valence-corrected chi connectivity index (χ0v) is 15.2. The first-order valence-electron chi connectivity index (χ1n) is 8.27. The largest absolute Gasteiger partial charge is 0.358 e. The van der Waals surface area contributed by atoms with Gasteiger partial charge in [-0.1, -0.05) is 11.6 Å². The molecular formula is C18H18N6OS. The molecular weight excluding hydrogens is 348 g/mol. The number of hydrogen-bond donors (Lipinski definition) is 2. The van der Waals surface area contributed by atoms with Crippen LogP contribution in [0.1, 0.15) is 18.2 Å². The second kappa shape index (κ2) is 6.72. The maximum atomic E-state index is 12.4. The molecule has 1 atom stereocenters. The summed E-state index contributed by atoms with van der Waals surface area (Å²) in [6.45, 7) is 4.22. The molecule has 0 aliphatic heterocycles. The molecule has 3 aromatic heterocycles. The second-order valence-corrected chi connectivity index (χ2v) is 7.02. The minimum absolute atomic E-state index is 0.110. The lowest BCUT2D eigenvalue weighted by Crippen LogP contribution is -2.37. The number of aryl methyl sites for hydroxylation is 1. The molecule has 0 radical (unpaired) electrons. The van der Waals surface area contributed by atoms with E-state index in [2.05, 4.69) is 25.6 Å². The van der Waals surface area contributed by atoms with Gasteiger partial charge in [0.25, 0.3) is 0 Å². The number of fused-ring (bicyclic) bond motifs is 2. The first kappa shape index (κ1) is 16.5. The van der Waals surface area contributed by atoms with Crippen LogP contribution in [0.25, 0.3) is 15.9 Å². The number of imidazole rings is 1. The maximum Gasteiger partial charge on any atom is 0.242 e. The van der Waals surface area contributed by atoms with Crippen molar-refractivity contribution in [2.45, 2.75) is 26.4 Å². The molecule has 0 spiro atoms. The van der Waals surface area contributed by atoms with E-state index in [1.54, 1.807) is 11.3 Å². The summed E-state index contributed by atoms with van der Waals surface area (Å²) in [4.78, 5) is 26.4. The van der Waals surface area contributed by atoms with E-state index >= 15 is 0 Å². The smallest absolute Gasteiger partial charge is 0.242 e. The Morgan fingerprint density at radius 3 is 3.08 bits per heavy atom. The van der Waals surface area contributed by atoms with E-state index in [0.717, 1.165) is 27.1 Å². The van der Waals surface area contributed by atoms with Crippen LogP contribution < -0.4 is 10.6 Å². The lowest BCUT2D eigenvalue weighted by atomic mass is 10.1. The number of hydrogen-bond acceptors (Lipinski definition) is 6. The van der Waals surface area contributed by atoms with Crippen molar-refractivity contribution in [1.29, 1.82) is 0 Å². The first-order chi connectivity index (χ1) is 12.6. The summed E-state index contributed by atoms with van der Waals surface area (Å²) in [6, 6.07) is 5.54. The summed E-state index contributed by atoms with van der Waals surface area (Å²) < 4.78 is 1.95. The number of thiazole rings is 1. The van der Waals surface area contributed by atoms with Crippen LogP contribution in [0.15, 0.2) is 42.3 Å². The van der Waals surface area contributed by atoms with Gasteiger partial charge in [0.2, 0.25) is 5.91 Å². The third-order valence-electron chi connectivity index (χ3n) is 4.12. The summed E-state index contributed by atoms with van der Waals surface area (Å²) in [5.41, 5.74) is 2.80. The minimum Gasteiger partial charge on any atom is -0.358 e. The van der Waals surface area contributed by atoms with Gasteiger partial charge in [-0.3, -0.25) is 9.20 Å². The van der Waals surface area contributed by atoms with E-state index in [1.807, 2.05) is 54.2 Å². The predicted molar refractivity (Wildman–Crippen MR) is 102 cm³/mol. The molecule has 0 saturated carbocycles. The highest BCUT2D eigenvalue weighted by atomic mass is 32.1. The SMILES string of the molecule is Cc1ccc2ncnc(NC(C)C(=O)NCc3cn4ccsc4n3)c2c1. The van der Waals surface area contributed by atoms with Gasteiger partial charge in [-0.2, -0.15) is 0 Å². The molecule has 132 valence electrons. The standard InChI is InChI=1S/C18H18N6OS/c1-11-3-4-15-14(7-11)16(21-10-20-15)22-12(2)17(25)19-8-13-9-24-5-6-26-18(24)23-13/h3-7,9-10,12H,8H2,1-2H3,(H,19,25)(H,20,21,22). The summed E-state index contributed by atoms with van der Waals surface area (Å²) in [7, 11) is 0. The molecule has 1 amide bonds. The van der Waals surface area contributed by atoms with Crippen molar-refractivity contribution in [3.8, 4) is 0 Å². The Bertz CT molecular complexity index is 1060. The van der Waals surface area contributed by atoms with Crippen LogP contribution >= 0.6 is 11.3 Å². The van der Waals surface area contributed by atoms with Crippen LogP contribution in [0.5, 0.6) is 0 Å². The molecule has 26 heavy (non-hydrogen) atoms. The van der Waals surface area contributed by atoms with Crippen molar-refractivity contribution in [1.82, 2.24) is 24.7 Å². The van der Waals surface area contributed by atoms with Crippen molar-refractivity contribution < 1.29 is 4.79 Å². The molecule has 7 nitrogen and oxygen atoms in total. The lowest BCUT2D eigenvalue weighted by Gasteiger charge is -2.15. The van der Waals surface area contributed by atoms with E-state index in [1.165, 1.54) is 6.33 Å². The molecule has 4 rings (SSSR count). The van der Waals surface area contributed by atoms with Crippen molar-refractivity contribution >= 4 is 38.9 Å². The fraction of sp³-hybridized carbons (Fsp3) is 0.222. The van der Waals surface area contributed by atoms with Crippen LogP contribution in [-0.4, -0.2) is 31.3 Å². The number of aromatic nitrogens is 4. The van der Waals surface area contributed by atoms with E-state index < -0.39 is 6.04 Å². The van der Waals surface area contributed by atoms with Crippen molar-refractivity contribution in [3.63, 3.8) is 0 Å². The number of nitrogens with zero attached hydrogens (tertiary/aromatic N) is 4. The molecule has 1 aromatic carbocycles. The van der Waals surface area contributed by atoms with E-state index in [9.17, 15) is 4.79 Å². The Morgan fingerprint density at radius 2 is 2.23 bits per heavy atom. The predicted octanol–water partition coefficient (Wildman–Crippen LogP) is 2.76. The van der Waals surface area contributed by atoms with Crippen molar-refractivity contribution in [2.75, 3.05) is 5.32 Å². The number of benzene rings is 1. The molecule has 0 fully saturated rings. The van der Waals surface area contributed by atoms with Crippen molar-refractivity contribution in [2.24, 2.45) is 0 Å². The van der Waals surface area contributed by atoms with Gasteiger partial charge in [-0.05, 0) is 26.0 Å². The zero-order chi connectivity index (χ0) is 18.1. The third-order valence-corrected chi connectivity index (χ3v) is 4.89. The van der Waals surface area contributed by atoms with Crippen LogP contribution in [0.3, 0.4) is 0 Å². The van der Waals surface area contributed by atoms with Crippen LogP contribution in [0.4, 0.5) is 5.82 Å². The summed E-state index contributed by atoms with van der Waals surface area (Å²) in [6.07, 6.45) is 5.37. The number of amides is 1. The Balaban J connectivity index is 1.44. The van der Waals surface area contributed by atoms with Crippen LogP contribution in [-0.2, 0) is 11.3 Å². The maximum absolute atomic E-state index is 12.4. The quantitative estimate of drug-likeness (QED) is 0.567. The summed E-state index contributed by atoms with van der Waals surface area (Å²) >= 11 is 1.57. The molecule has 0 aliphatic carbocycles. The molecule has 8 heteroatoms. The Labute approximate surface area is 154 Å². The van der Waals surface area contributed by atoms with Gasteiger partial charge in [-0.15, -0.1) is 11.3 Å². The van der Waals surface area contributed by atoms with Crippen LogP contribution in [0, 0.1) is 6.92 Å². The molecule has 0 bridgehead atoms. The molecule has 0 saturated heterocycles. The fourth-order valence-corrected chi connectivity index (χ4v) is 3.47. The molecule has 0 aliphatic rings. The van der Waals surface area contributed by atoms with Gasteiger partial charge >= 0.3 is 0 Å². The lowest BCUT2D eigenvalue weighted by molar-refractivity contribution is -0.121. The minimum atomic E-state index is -0.433. The number of rotatable bonds is 5. The number of anilines is 1. The molecule has 4 aromatic rings. The Kier molecular flexibility index (Phi) is 4.26. The molecule has 1 unspecified atom stereocenters. The highest BCUT2D eigenvalue weighted by Crippen LogP contribution is 2.21. The van der Waals surface area contributed by atoms with Gasteiger partial charge in [0.1, 0.15) is 18.2 Å². The third kappa shape index (κ3) is 3.23. The highest BCUT2D eigenvalue weighted by molar-refractivity contribution is 7.15. The average Bonchev–Trinajstić information content (AvgIpc) is 3.21. The van der Waals surface area contributed by atoms with Gasteiger partial charge < -0.3 is 10.6 Å². The van der Waals surface area contributed by atoms with E-state index in [0.29, 0.717) is 12.4 Å². The normalized spacial score (nSPS) is 12.4. The monoisotopic (exact) mass is 366 g/mol. The Morgan fingerprint density at radius 1 is 1.35 bits per heavy atom. The van der Waals surface area contributed by atoms with Crippen LogP contribution in [0.2, 0.25) is 0 Å². The number of nitrogens with one attached hydrogen (secondary N) is 2. The van der Waals surface area contributed by atoms with Gasteiger partial charge in [0.15, 0.2) is 4.96 Å². The van der Waals surface area contributed by atoms with Crippen molar-refractivity contribution in [3.05, 3.63) is 53.6 Å². The van der Waals surface area contributed by atoms with E-state index in [-0.39, 0.29) is 5.91 Å². The topological polar surface area (TPSA) is 84.2 Å². The number of carbonyl (C=O) groups is 1. The average molecular weight is 366 g/mol. The Hall–Kier alpha value is -3.00. The summed E-state index contributed by atoms with van der Waals surface area (Å²) in [5, 5.41) is 8.98.